The summed E-state index contributed by atoms with van der Waals surface area (Å²) in [5.41, 5.74) is 1.19. The van der Waals surface area contributed by atoms with Gasteiger partial charge in [-0.1, -0.05) is 12.1 Å². The molecule has 4 heteroatoms. The summed E-state index contributed by atoms with van der Waals surface area (Å²) in [5, 5.41) is 2.78. The van der Waals surface area contributed by atoms with Gasteiger partial charge in [0.15, 0.2) is 0 Å². The normalized spacial score (nSPS) is 10.4. The van der Waals surface area contributed by atoms with Gasteiger partial charge in [-0.15, -0.1) is 0 Å². The van der Waals surface area contributed by atoms with Gasteiger partial charge < -0.3 is 5.32 Å². The van der Waals surface area contributed by atoms with Gasteiger partial charge >= 0.3 is 0 Å². The Labute approximate surface area is 103 Å². The van der Waals surface area contributed by atoms with Crippen molar-refractivity contribution in [3.63, 3.8) is 0 Å². The lowest BCUT2D eigenvalue weighted by atomic mass is 10.1. The fraction of sp³-hybridized carbons (Fsp3) is 0.143. The molecule has 0 aromatic heterocycles. The highest BCUT2D eigenvalue weighted by molar-refractivity contribution is 5.52. The molecule has 0 amide bonds. The average Bonchev–Trinajstić information content (AvgIpc) is 2.33. The van der Waals surface area contributed by atoms with Crippen LogP contribution in [0, 0.1) is 24.4 Å². The van der Waals surface area contributed by atoms with E-state index in [4.69, 9.17) is 0 Å². The van der Waals surface area contributed by atoms with E-state index < -0.39 is 17.5 Å². The zero-order valence-electron chi connectivity index (χ0n) is 9.81. The van der Waals surface area contributed by atoms with Crippen LogP contribution in [0.25, 0.3) is 0 Å². The predicted octanol–water partition coefficient (Wildman–Crippen LogP) is 4.02. The highest BCUT2D eigenvalue weighted by Gasteiger charge is 2.07. The first-order valence-electron chi connectivity index (χ1n) is 5.51. The van der Waals surface area contributed by atoms with Crippen molar-refractivity contribution >= 4 is 5.69 Å². The zero-order valence-corrected chi connectivity index (χ0v) is 9.81. The second kappa shape index (κ2) is 5.12. The fourth-order valence-electron chi connectivity index (χ4n) is 1.72. The molecule has 0 radical (unpaired) electrons. The molecule has 0 unspecified atom stereocenters. The Morgan fingerprint density at radius 1 is 1.00 bits per heavy atom. The van der Waals surface area contributed by atoms with Gasteiger partial charge in [0, 0.05) is 12.1 Å². The molecule has 1 N–H and O–H groups in total. The Hall–Kier alpha value is -1.97. The van der Waals surface area contributed by atoms with Crippen molar-refractivity contribution < 1.29 is 13.2 Å². The maximum atomic E-state index is 13.5. The summed E-state index contributed by atoms with van der Waals surface area (Å²) in [6, 6.07) is 7.86. The van der Waals surface area contributed by atoms with Crippen molar-refractivity contribution in [2.24, 2.45) is 0 Å². The summed E-state index contributed by atoms with van der Waals surface area (Å²) in [7, 11) is 0. The summed E-state index contributed by atoms with van der Waals surface area (Å²) >= 11 is 0. The van der Waals surface area contributed by atoms with Crippen molar-refractivity contribution in [1.29, 1.82) is 0 Å². The Bertz CT molecular complexity index is 547. The van der Waals surface area contributed by atoms with Crippen LogP contribution in [-0.2, 0) is 6.54 Å². The van der Waals surface area contributed by atoms with E-state index in [9.17, 15) is 13.2 Å². The third-order valence-corrected chi connectivity index (χ3v) is 2.69. The molecule has 0 heterocycles. The number of hydrogen-bond donors (Lipinski definition) is 1. The van der Waals surface area contributed by atoms with E-state index in [1.165, 1.54) is 6.07 Å². The van der Waals surface area contributed by atoms with Crippen molar-refractivity contribution in [3.8, 4) is 0 Å². The Morgan fingerprint density at radius 2 is 1.78 bits per heavy atom. The van der Waals surface area contributed by atoms with Crippen LogP contribution in [0.5, 0.6) is 0 Å². The molecule has 1 nitrogen and oxygen atoms in total. The molecule has 2 rings (SSSR count). The van der Waals surface area contributed by atoms with Gasteiger partial charge in [-0.25, -0.2) is 13.2 Å². The highest BCUT2D eigenvalue weighted by atomic mass is 19.1. The van der Waals surface area contributed by atoms with Crippen LogP contribution in [0.3, 0.4) is 0 Å². The Morgan fingerprint density at radius 3 is 2.50 bits per heavy atom. The first-order valence-corrected chi connectivity index (χ1v) is 5.51. The number of halogens is 3. The third-order valence-electron chi connectivity index (χ3n) is 2.69. The van der Waals surface area contributed by atoms with E-state index in [-0.39, 0.29) is 12.1 Å². The van der Waals surface area contributed by atoms with Crippen LogP contribution in [0.2, 0.25) is 0 Å². The molecule has 0 aliphatic heterocycles. The number of anilines is 1. The number of hydrogen-bond acceptors (Lipinski definition) is 1. The summed E-state index contributed by atoms with van der Waals surface area (Å²) in [4.78, 5) is 0. The smallest absolute Gasteiger partial charge is 0.146 e. The van der Waals surface area contributed by atoms with Crippen LogP contribution >= 0.6 is 0 Å². The van der Waals surface area contributed by atoms with E-state index in [1.54, 1.807) is 19.1 Å². The van der Waals surface area contributed by atoms with Gasteiger partial charge in [0.25, 0.3) is 0 Å². The molecular formula is C14H12F3N. The molecular weight excluding hydrogens is 239 g/mol. The molecule has 0 spiro atoms. The number of aryl methyl sites for hydroxylation is 1. The Balaban J connectivity index is 2.19. The average molecular weight is 251 g/mol. The third kappa shape index (κ3) is 2.64. The summed E-state index contributed by atoms with van der Waals surface area (Å²) < 4.78 is 39.8. The van der Waals surface area contributed by atoms with Crippen LogP contribution in [0.4, 0.5) is 18.9 Å². The minimum Gasteiger partial charge on any atom is -0.378 e. The van der Waals surface area contributed by atoms with Crippen LogP contribution in [0.1, 0.15) is 11.1 Å². The minimum atomic E-state index is -0.516. The topological polar surface area (TPSA) is 12.0 Å². The highest BCUT2D eigenvalue weighted by Crippen LogP contribution is 2.20. The molecule has 0 aliphatic rings. The molecule has 18 heavy (non-hydrogen) atoms. The van der Waals surface area contributed by atoms with Gasteiger partial charge in [0.2, 0.25) is 0 Å². The molecule has 2 aromatic rings. The maximum absolute atomic E-state index is 13.5. The lowest BCUT2D eigenvalue weighted by Crippen LogP contribution is -2.05. The molecule has 0 saturated heterocycles. The zero-order chi connectivity index (χ0) is 13.1. The van der Waals surface area contributed by atoms with Crippen molar-refractivity contribution in [3.05, 3.63) is 65.0 Å². The lowest BCUT2D eigenvalue weighted by Gasteiger charge is -2.11. The number of para-hydroxylation sites is 1. The van der Waals surface area contributed by atoms with Crippen LogP contribution in [0.15, 0.2) is 36.4 Å². The van der Waals surface area contributed by atoms with E-state index in [0.717, 1.165) is 18.2 Å². The second-order valence-corrected chi connectivity index (χ2v) is 4.02. The van der Waals surface area contributed by atoms with E-state index in [2.05, 4.69) is 5.32 Å². The molecule has 0 fully saturated rings. The molecule has 0 aliphatic carbocycles. The van der Waals surface area contributed by atoms with Gasteiger partial charge in [-0.3, -0.25) is 0 Å². The molecule has 0 bridgehead atoms. The molecule has 0 saturated carbocycles. The van der Waals surface area contributed by atoms with Gasteiger partial charge in [-0.05, 0) is 36.8 Å². The number of nitrogens with one attached hydrogen (secondary N) is 1. The standard InChI is InChI=1S/C14H12F3N/c1-9-3-2-4-13(17)14(9)18-8-10-7-11(15)5-6-12(10)16/h2-7,18H,8H2,1H3. The summed E-state index contributed by atoms with van der Waals surface area (Å²) in [6.45, 7) is 1.78. The molecule has 94 valence electrons. The quantitative estimate of drug-likeness (QED) is 0.868. The van der Waals surface area contributed by atoms with Crippen LogP contribution in [-0.4, -0.2) is 0 Å². The van der Waals surface area contributed by atoms with E-state index >= 15 is 0 Å². The van der Waals surface area contributed by atoms with Gasteiger partial charge in [0.05, 0.1) is 5.69 Å². The fourth-order valence-corrected chi connectivity index (χ4v) is 1.72. The predicted molar refractivity (Wildman–Crippen MR) is 64.8 cm³/mol. The summed E-state index contributed by atoms with van der Waals surface area (Å²) in [5.74, 6) is -1.44. The largest absolute Gasteiger partial charge is 0.378 e. The van der Waals surface area contributed by atoms with Crippen LogP contribution < -0.4 is 5.32 Å². The van der Waals surface area contributed by atoms with Crippen molar-refractivity contribution in [2.75, 3.05) is 5.32 Å². The maximum Gasteiger partial charge on any atom is 0.146 e. The SMILES string of the molecule is Cc1cccc(F)c1NCc1cc(F)ccc1F. The number of benzene rings is 2. The Kier molecular flexibility index (Phi) is 3.55. The van der Waals surface area contributed by atoms with E-state index in [1.807, 2.05) is 0 Å². The second-order valence-electron chi connectivity index (χ2n) is 4.02. The lowest BCUT2D eigenvalue weighted by molar-refractivity contribution is 0.587. The first-order chi connectivity index (χ1) is 8.58. The number of rotatable bonds is 3. The van der Waals surface area contributed by atoms with Crippen molar-refractivity contribution in [2.45, 2.75) is 13.5 Å². The van der Waals surface area contributed by atoms with Crippen molar-refractivity contribution in [1.82, 2.24) is 0 Å². The minimum absolute atomic E-state index is 0.0331. The van der Waals surface area contributed by atoms with Gasteiger partial charge in [-0.2, -0.15) is 0 Å². The molecule has 0 atom stereocenters. The van der Waals surface area contributed by atoms with Gasteiger partial charge in [0.1, 0.15) is 17.5 Å². The first kappa shape index (κ1) is 12.5. The summed E-state index contributed by atoms with van der Waals surface area (Å²) in [6.07, 6.45) is 0. The molecule has 2 aromatic carbocycles. The van der Waals surface area contributed by atoms with E-state index in [0.29, 0.717) is 11.3 Å². The monoisotopic (exact) mass is 251 g/mol.